The fourth-order valence-electron chi connectivity index (χ4n) is 1.91. The molecule has 0 aromatic carbocycles. The second kappa shape index (κ2) is 5.65. The molecule has 4 heteroatoms. The van der Waals surface area contributed by atoms with Crippen molar-refractivity contribution < 1.29 is 5.11 Å². The third-order valence-electron chi connectivity index (χ3n) is 2.95. The first-order chi connectivity index (χ1) is 7.84. The zero-order chi connectivity index (χ0) is 13.1. The Morgan fingerprint density at radius 3 is 2.53 bits per heavy atom. The fourth-order valence-corrected chi connectivity index (χ4v) is 1.91. The lowest BCUT2D eigenvalue weighted by Crippen LogP contribution is -2.36. The fraction of sp³-hybridized carbons (Fsp3) is 0.769. The molecule has 0 aliphatic heterocycles. The van der Waals surface area contributed by atoms with Crippen molar-refractivity contribution in [3.8, 4) is 0 Å². The van der Waals surface area contributed by atoms with Crippen LogP contribution < -0.4 is 5.32 Å². The zero-order valence-electron chi connectivity index (χ0n) is 11.6. The van der Waals surface area contributed by atoms with Crippen LogP contribution >= 0.6 is 0 Å². The standard InChI is InChI=1S/C13H25N3O/c1-6-11(17)8-14-12(13(2,3)4)10-7-15-16(5)9-10/h7,9,11-12,14,17H,6,8H2,1-5H3/t11-,12?/m0/s1. The Balaban J connectivity index is 2.75. The monoisotopic (exact) mass is 239 g/mol. The van der Waals surface area contributed by atoms with Crippen LogP contribution in [-0.4, -0.2) is 27.5 Å². The zero-order valence-corrected chi connectivity index (χ0v) is 11.6. The van der Waals surface area contributed by atoms with Crippen molar-refractivity contribution in [1.82, 2.24) is 15.1 Å². The van der Waals surface area contributed by atoms with Gasteiger partial charge in [-0.05, 0) is 11.8 Å². The summed E-state index contributed by atoms with van der Waals surface area (Å²) in [4.78, 5) is 0. The van der Waals surface area contributed by atoms with Crippen LogP contribution in [0.25, 0.3) is 0 Å². The SMILES string of the molecule is CC[C@H](O)CNC(c1cnn(C)c1)C(C)(C)C. The van der Waals surface area contributed by atoms with Gasteiger partial charge in [-0.15, -0.1) is 0 Å². The van der Waals surface area contributed by atoms with Crippen LogP contribution in [-0.2, 0) is 7.05 Å². The molecule has 1 aromatic rings. The predicted molar refractivity (Wildman–Crippen MR) is 69.7 cm³/mol. The van der Waals surface area contributed by atoms with E-state index in [1.807, 2.05) is 31.0 Å². The number of aromatic nitrogens is 2. The van der Waals surface area contributed by atoms with Crippen LogP contribution in [0, 0.1) is 5.41 Å². The van der Waals surface area contributed by atoms with Gasteiger partial charge in [-0.3, -0.25) is 4.68 Å². The molecule has 17 heavy (non-hydrogen) atoms. The van der Waals surface area contributed by atoms with Gasteiger partial charge in [-0.1, -0.05) is 27.7 Å². The summed E-state index contributed by atoms with van der Waals surface area (Å²) < 4.78 is 1.81. The molecule has 0 aliphatic carbocycles. The van der Waals surface area contributed by atoms with E-state index in [9.17, 15) is 5.11 Å². The third kappa shape index (κ3) is 4.13. The molecule has 1 unspecified atom stereocenters. The maximum Gasteiger partial charge on any atom is 0.0662 e. The van der Waals surface area contributed by atoms with Gasteiger partial charge in [-0.25, -0.2) is 0 Å². The molecule has 1 heterocycles. The highest BCUT2D eigenvalue weighted by Crippen LogP contribution is 2.32. The molecule has 0 bridgehead atoms. The number of hydrogen-bond acceptors (Lipinski definition) is 3. The lowest BCUT2D eigenvalue weighted by atomic mass is 9.83. The molecule has 0 saturated heterocycles. The van der Waals surface area contributed by atoms with Crippen LogP contribution in [0.5, 0.6) is 0 Å². The molecule has 2 N–H and O–H groups in total. The molecule has 0 spiro atoms. The lowest BCUT2D eigenvalue weighted by molar-refractivity contribution is 0.149. The van der Waals surface area contributed by atoms with Crippen molar-refractivity contribution in [2.45, 2.75) is 46.3 Å². The Hall–Kier alpha value is -0.870. The first-order valence-electron chi connectivity index (χ1n) is 6.24. The third-order valence-corrected chi connectivity index (χ3v) is 2.95. The minimum atomic E-state index is -0.281. The van der Waals surface area contributed by atoms with E-state index < -0.39 is 0 Å². The predicted octanol–water partition coefficient (Wildman–Crippen LogP) is 1.87. The molecule has 1 aromatic heterocycles. The summed E-state index contributed by atoms with van der Waals surface area (Å²) in [5.74, 6) is 0. The van der Waals surface area contributed by atoms with E-state index >= 15 is 0 Å². The van der Waals surface area contributed by atoms with Gasteiger partial charge in [0.25, 0.3) is 0 Å². The second-order valence-corrected chi connectivity index (χ2v) is 5.72. The summed E-state index contributed by atoms with van der Waals surface area (Å²) in [5, 5.41) is 17.3. The van der Waals surface area contributed by atoms with E-state index in [4.69, 9.17) is 0 Å². The molecule has 0 amide bonds. The second-order valence-electron chi connectivity index (χ2n) is 5.72. The van der Waals surface area contributed by atoms with Gasteiger partial charge < -0.3 is 10.4 Å². The van der Waals surface area contributed by atoms with Gasteiger partial charge in [0, 0.05) is 31.4 Å². The van der Waals surface area contributed by atoms with E-state index in [2.05, 4.69) is 31.2 Å². The number of aliphatic hydroxyl groups is 1. The molecular weight excluding hydrogens is 214 g/mol. The van der Waals surface area contributed by atoms with E-state index in [1.54, 1.807) is 0 Å². The Bertz CT molecular complexity index is 341. The molecule has 1 rings (SSSR count). The van der Waals surface area contributed by atoms with Gasteiger partial charge in [0.2, 0.25) is 0 Å². The molecular formula is C13H25N3O. The van der Waals surface area contributed by atoms with Crippen molar-refractivity contribution >= 4 is 0 Å². The highest BCUT2D eigenvalue weighted by Gasteiger charge is 2.27. The topological polar surface area (TPSA) is 50.1 Å². The van der Waals surface area contributed by atoms with Gasteiger partial charge in [0.05, 0.1) is 12.3 Å². The Kier molecular flexibility index (Phi) is 4.71. The molecule has 0 aliphatic rings. The number of aryl methyl sites for hydroxylation is 1. The number of hydrogen-bond donors (Lipinski definition) is 2. The van der Waals surface area contributed by atoms with Crippen molar-refractivity contribution in [2.75, 3.05) is 6.54 Å². The highest BCUT2D eigenvalue weighted by atomic mass is 16.3. The number of nitrogens with one attached hydrogen (secondary N) is 1. The summed E-state index contributed by atoms with van der Waals surface area (Å²) >= 11 is 0. The first-order valence-corrected chi connectivity index (χ1v) is 6.24. The molecule has 4 nitrogen and oxygen atoms in total. The normalized spacial score (nSPS) is 15.9. The largest absolute Gasteiger partial charge is 0.392 e. The summed E-state index contributed by atoms with van der Waals surface area (Å²) in [6.45, 7) is 9.18. The highest BCUT2D eigenvalue weighted by molar-refractivity contribution is 5.13. The van der Waals surface area contributed by atoms with E-state index in [0.29, 0.717) is 6.54 Å². The van der Waals surface area contributed by atoms with Crippen LogP contribution in [0.2, 0.25) is 0 Å². The van der Waals surface area contributed by atoms with E-state index in [-0.39, 0.29) is 17.6 Å². The van der Waals surface area contributed by atoms with Gasteiger partial charge >= 0.3 is 0 Å². The van der Waals surface area contributed by atoms with Crippen LogP contribution in [0.15, 0.2) is 12.4 Å². The maximum absolute atomic E-state index is 9.64. The smallest absolute Gasteiger partial charge is 0.0662 e. The number of aliphatic hydroxyl groups excluding tert-OH is 1. The van der Waals surface area contributed by atoms with Crippen LogP contribution in [0.1, 0.15) is 45.7 Å². The van der Waals surface area contributed by atoms with Crippen LogP contribution in [0.3, 0.4) is 0 Å². The Morgan fingerprint density at radius 1 is 1.47 bits per heavy atom. The first kappa shape index (κ1) is 14.2. The summed E-state index contributed by atoms with van der Waals surface area (Å²) in [7, 11) is 1.92. The summed E-state index contributed by atoms with van der Waals surface area (Å²) in [6.07, 6.45) is 4.41. The van der Waals surface area contributed by atoms with Crippen molar-refractivity contribution in [3.63, 3.8) is 0 Å². The van der Waals surface area contributed by atoms with Crippen molar-refractivity contribution in [3.05, 3.63) is 18.0 Å². The molecule has 0 radical (unpaired) electrons. The number of rotatable bonds is 5. The average Bonchev–Trinajstić information content (AvgIpc) is 2.62. The maximum atomic E-state index is 9.64. The Labute approximate surface area is 104 Å². The molecule has 2 atom stereocenters. The van der Waals surface area contributed by atoms with Crippen molar-refractivity contribution in [1.29, 1.82) is 0 Å². The molecule has 0 fully saturated rings. The average molecular weight is 239 g/mol. The van der Waals surface area contributed by atoms with Gasteiger partial charge in [0.15, 0.2) is 0 Å². The van der Waals surface area contributed by atoms with E-state index in [1.165, 1.54) is 5.56 Å². The Morgan fingerprint density at radius 2 is 2.12 bits per heavy atom. The van der Waals surface area contributed by atoms with E-state index in [0.717, 1.165) is 6.42 Å². The van der Waals surface area contributed by atoms with Gasteiger partial charge in [0.1, 0.15) is 0 Å². The quantitative estimate of drug-likeness (QED) is 0.824. The minimum Gasteiger partial charge on any atom is -0.392 e. The molecule has 98 valence electrons. The van der Waals surface area contributed by atoms with Crippen molar-refractivity contribution in [2.24, 2.45) is 12.5 Å². The number of nitrogens with zero attached hydrogens (tertiary/aromatic N) is 2. The molecule has 0 saturated carbocycles. The van der Waals surface area contributed by atoms with Crippen LogP contribution in [0.4, 0.5) is 0 Å². The minimum absolute atomic E-state index is 0.0937. The summed E-state index contributed by atoms with van der Waals surface area (Å²) in [5.41, 5.74) is 1.26. The lowest BCUT2D eigenvalue weighted by Gasteiger charge is -2.31. The summed E-state index contributed by atoms with van der Waals surface area (Å²) in [6, 6.07) is 0.206. The van der Waals surface area contributed by atoms with Gasteiger partial charge in [-0.2, -0.15) is 5.10 Å².